The van der Waals surface area contributed by atoms with Crippen LogP contribution in [-0.2, 0) is 12.8 Å². The largest absolute Gasteiger partial charge is 0.506 e. The third-order valence-electron chi connectivity index (χ3n) is 4.86. The van der Waals surface area contributed by atoms with Gasteiger partial charge >= 0.3 is 0 Å². The molecule has 1 aliphatic heterocycles. The number of rotatable bonds is 1. The van der Waals surface area contributed by atoms with E-state index in [4.69, 9.17) is 4.42 Å². The zero-order valence-electron chi connectivity index (χ0n) is 12.3. The predicted octanol–water partition coefficient (Wildman–Crippen LogP) is 3.26. The highest BCUT2D eigenvalue weighted by molar-refractivity contribution is 6.39. The van der Waals surface area contributed by atoms with Gasteiger partial charge in [-0.1, -0.05) is 0 Å². The van der Waals surface area contributed by atoms with Gasteiger partial charge in [-0.15, -0.1) is 0 Å². The van der Waals surface area contributed by atoms with E-state index >= 15 is 0 Å². The summed E-state index contributed by atoms with van der Waals surface area (Å²) in [6.07, 6.45) is 4.02. The fraction of sp³-hybridized carbons (Fsp3) is 0.222. The van der Waals surface area contributed by atoms with Gasteiger partial charge < -0.3 is 9.52 Å². The minimum absolute atomic E-state index is 0.0234. The molecule has 0 saturated heterocycles. The van der Waals surface area contributed by atoms with Crippen LogP contribution in [0.25, 0.3) is 11.2 Å². The Morgan fingerprint density at radius 1 is 0.913 bits per heavy atom. The summed E-state index contributed by atoms with van der Waals surface area (Å²) in [5.41, 5.74) is 3.95. The lowest BCUT2D eigenvalue weighted by molar-refractivity contribution is 0.0925. The van der Waals surface area contributed by atoms with E-state index in [9.17, 15) is 14.7 Å². The number of fused-ring (bicyclic) bond motifs is 6. The third kappa shape index (κ3) is 1.51. The molecule has 2 amide bonds. The van der Waals surface area contributed by atoms with Crippen LogP contribution >= 0.6 is 0 Å². The topological polar surface area (TPSA) is 70.8 Å². The lowest BCUT2D eigenvalue weighted by atomic mass is 9.91. The average Bonchev–Trinajstić information content (AvgIpc) is 3.21. The highest BCUT2D eigenvalue weighted by Gasteiger charge is 2.43. The number of aromatic hydroxyl groups is 1. The fourth-order valence-corrected chi connectivity index (χ4v) is 3.75. The van der Waals surface area contributed by atoms with Gasteiger partial charge in [0.05, 0.1) is 16.8 Å². The summed E-state index contributed by atoms with van der Waals surface area (Å²) in [6.45, 7) is 0. The van der Waals surface area contributed by atoms with Crippen LogP contribution in [-0.4, -0.2) is 16.9 Å². The monoisotopic (exact) mass is 307 g/mol. The molecule has 3 heterocycles. The minimum Gasteiger partial charge on any atom is -0.506 e. The Bertz CT molecular complexity index is 940. The molecular formula is C18H13NO4. The predicted molar refractivity (Wildman–Crippen MR) is 83.3 cm³/mol. The summed E-state index contributed by atoms with van der Waals surface area (Å²) in [5.74, 6) is -0.874. The molecule has 0 unspecified atom stereocenters. The molecule has 2 bridgehead atoms. The molecule has 1 aliphatic carbocycles. The maximum atomic E-state index is 12.7. The maximum Gasteiger partial charge on any atom is 0.270 e. The van der Waals surface area contributed by atoms with Crippen molar-refractivity contribution in [2.45, 2.75) is 25.7 Å². The van der Waals surface area contributed by atoms with Gasteiger partial charge in [0.1, 0.15) is 16.9 Å². The van der Waals surface area contributed by atoms with Gasteiger partial charge in [0, 0.05) is 0 Å². The average molecular weight is 307 g/mol. The summed E-state index contributed by atoms with van der Waals surface area (Å²) >= 11 is 0. The van der Waals surface area contributed by atoms with Crippen LogP contribution in [0.5, 0.6) is 5.75 Å². The van der Waals surface area contributed by atoms with E-state index in [-0.39, 0.29) is 11.4 Å². The first-order valence-electron chi connectivity index (χ1n) is 7.73. The van der Waals surface area contributed by atoms with Gasteiger partial charge in [-0.25, -0.2) is 4.90 Å². The molecule has 1 aromatic carbocycles. The molecule has 1 N–H and O–H groups in total. The first kappa shape index (κ1) is 12.7. The number of imide groups is 1. The summed E-state index contributed by atoms with van der Waals surface area (Å²) < 4.78 is 5.40. The molecule has 3 aromatic rings. The molecular weight excluding hydrogens is 294 g/mol. The van der Waals surface area contributed by atoms with Crippen molar-refractivity contribution in [1.29, 1.82) is 0 Å². The SMILES string of the molecule is O=C1c2c(c3ccc2o3)C(=O)N1c1cc2c(cc1O)CCCC2. The zero-order valence-corrected chi connectivity index (χ0v) is 12.3. The summed E-state index contributed by atoms with van der Waals surface area (Å²) in [5, 5.41) is 10.3. The van der Waals surface area contributed by atoms with Crippen molar-refractivity contribution in [2.75, 3.05) is 4.90 Å². The number of carbonyl (C=O) groups is 2. The van der Waals surface area contributed by atoms with Gasteiger partial charge in [-0.05, 0) is 61.1 Å². The first-order chi connectivity index (χ1) is 11.1. The second-order valence-electron chi connectivity index (χ2n) is 6.18. The van der Waals surface area contributed by atoms with E-state index in [1.54, 1.807) is 24.3 Å². The van der Waals surface area contributed by atoms with Crippen LogP contribution in [0, 0.1) is 0 Å². The number of furan rings is 2. The Morgan fingerprint density at radius 3 is 2.09 bits per heavy atom. The van der Waals surface area contributed by atoms with Gasteiger partial charge in [0.25, 0.3) is 11.8 Å². The zero-order chi connectivity index (χ0) is 15.7. The molecule has 0 saturated carbocycles. The van der Waals surface area contributed by atoms with Crippen LogP contribution in [0.15, 0.2) is 28.7 Å². The number of nitrogens with zero attached hydrogens (tertiary/aromatic N) is 1. The third-order valence-corrected chi connectivity index (χ3v) is 4.86. The molecule has 2 aliphatic rings. The molecule has 0 spiro atoms. The Hall–Kier alpha value is -2.82. The number of aryl methyl sites for hydroxylation is 2. The number of phenolic OH excluding ortho intramolecular Hbond substituents is 1. The van der Waals surface area contributed by atoms with Crippen molar-refractivity contribution in [2.24, 2.45) is 0 Å². The van der Waals surface area contributed by atoms with Crippen molar-refractivity contribution < 1.29 is 19.1 Å². The van der Waals surface area contributed by atoms with E-state index in [0.717, 1.165) is 41.7 Å². The normalized spacial score (nSPS) is 17.1. The fourth-order valence-electron chi connectivity index (χ4n) is 3.75. The lowest BCUT2D eigenvalue weighted by Gasteiger charge is -2.21. The van der Waals surface area contributed by atoms with Crippen molar-refractivity contribution in [1.82, 2.24) is 0 Å². The van der Waals surface area contributed by atoms with E-state index in [1.807, 2.05) is 0 Å². The maximum absolute atomic E-state index is 12.7. The smallest absolute Gasteiger partial charge is 0.270 e. The Balaban J connectivity index is 1.67. The van der Waals surface area contributed by atoms with Crippen molar-refractivity contribution in [3.05, 3.63) is 46.5 Å². The first-order valence-corrected chi connectivity index (χ1v) is 7.73. The van der Waals surface area contributed by atoms with Crippen LogP contribution in [0.4, 0.5) is 5.69 Å². The highest BCUT2D eigenvalue weighted by Crippen LogP contribution is 2.42. The Labute approximate surface area is 131 Å². The summed E-state index contributed by atoms with van der Waals surface area (Å²) in [6, 6.07) is 6.86. The molecule has 2 aromatic heterocycles. The van der Waals surface area contributed by atoms with Crippen molar-refractivity contribution in [3.8, 4) is 5.75 Å². The van der Waals surface area contributed by atoms with E-state index < -0.39 is 11.8 Å². The number of anilines is 1. The van der Waals surface area contributed by atoms with E-state index in [2.05, 4.69) is 0 Å². The van der Waals surface area contributed by atoms with Gasteiger partial charge in [-0.2, -0.15) is 0 Å². The number of amides is 2. The van der Waals surface area contributed by atoms with Gasteiger partial charge in [0.15, 0.2) is 0 Å². The highest BCUT2D eigenvalue weighted by atomic mass is 16.3. The summed E-state index contributed by atoms with van der Waals surface area (Å²) in [4.78, 5) is 26.5. The second-order valence-corrected chi connectivity index (χ2v) is 6.18. The number of phenols is 1. The number of hydrogen-bond donors (Lipinski definition) is 1. The molecule has 5 heteroatoms. The molecule has 5 nitrogen and oxygen atoms in total. The van der Waals surface area contributed by atoms with Crippen LogP contribution < -0.4 is 4.90 Å². The lowest BCUT2D eigenvalue weighted by Crippen LogP contribution is -2.30. The molecule has 0 atom stereocenters. The minimum atomic E-state index is -0.426. The molecule has 0 fully saturated rings. The molecule has 114 valence electrons. The van der Waals surface area contributed by atoms with E-state index in [0.29, 0.717) is 22.3 Å². The second kappa shape index (κ2) is 4.13. The van der Waals surface area contributed by atoms with Gasteiger partial charge in [0.2, 0.25) is 0 Å². The quantitative estimate of drug-likeness (QED) is 0.701. The standard InChI is InChI=1S/C18H13NO4/c20-12-8-10-4-2-1-3-9(10)7-11(12)19-17(21)15-13-5-6-14(23-13)16(15)18(19)22/h5-8,20H,1-4H2. The molecule has 23 heavy (non-hydrogen) atoms. The van der Waals surface area contributed by atoms with Gasteiger partial charge in [-0.3, -0.25) is 9.59 Å². The number of hydrogen-bond acceptors (Lipinski definition) is 4. The Morgan fingerprint density at radius 2 is 1.48 bits per heavy atom. The van der Waals surface area contributed by atoms with Crippen LogP contribution in [0.1, 0.15) is 44.7 Å². The number of benzene rings is 2. The van der Waals surface area contributed by atoms with Crippen molar-refractivity contribution in [3.63, 3.8) is 0 Å². The molecule has 5 rings (SSSR count). The van der Waals surface area contributed by atoms with Crippen molar-refractivity contribution >= 4 is 28.7 Å². The van der Waals surface area contributed by atoms with E-state index in [1.165, 1.54) is 0 Å². The summed E-state index contributed by atoms with van der Waals surface area (Å²) in [7, 11) is 0. The van der Waals surface area contributed by atoms with Crippen LogP contribution in [0.2, 0.25) is 0 Å². The Kier molecular flexibility index (Phi) is 2.28. The van der Waals surface area contributed by atoms with Crippen LogP contribution in [0.3, 0.4) is 0 Å². The number of carbonyl (C=O) groups excluding carboxylic acids is 2. The molecule has 0 radical (unpaired) electrons.